The molecule has 0 fully saturated rings. The van der Waals surface area contributed by atoms with Crippen LogP contribution in [0.5, 0.6) is 0 Å². The molecule has 1 atom stereocenters. The van der Waals surface area contributed by atoms with Gasteiger partial charge < -0.3 is 14.9 Å². The predicted octanol–water partition coefficient (Wildman–Crippen LogP) is -0.0677. The molecule has 0 aliphatic rings. The van der Waals surface area contributed by atoms with Crippen LogP contribution < -0.4 is 0 Å². The van der Waals surface area contributed by atoms with Gasteiger partial charge in [0.05, 0.1) is 19.8 Å². The average Bonchev–Trinajstić information content (AvgIpc) is 1.98. The first-order valence-corrected chi connectivity index (χ1v) is 3.29. The van der Waals surface area contributed by atoms with Gasteiger partial charge in [0.25, 0.3) is 0 Å². The summed E-state index contributed by atoms with van der Waals surface area (Å²) in [5.74, 6) is 0. The van der Waals surface area contributed by atoms with Gasteiger partial charge in [-0.25, -0.2) is 0 Å². The molecule has 0 amide bonds. The minimum Gasteiger partial charge on any atom is -0.394 e. The summed E-state index contributed by atoms with van der Waals surface area (Å²) >= 11 is 0. The summed E-state index contributed by atoms with van der Waals surface area (Å²) in [6.45, 7) is 2.34. The van der Waals surface area contributed by atoms with E-state index in [1.165, 1.54) is 0 Å². The molecule has 10 heavy (non-hydrogen) atoms. The van der Waals surface area contributed by atoms with Gasteiger partial charge in [0.15, 0.2) is 0 Å². The van der Waals surface area contributed by atoms with Crippen LogP contribution in [0.25, 0.3) is 0 Å². The van der Waals surface area contributed by atoms with E-state index in [1.807, 2.05) is 19.1 Å². The molecule has 0 heterocycles. The highest BCUT2D eigenvalue weighted by Crippen LogP contribution is 1.83. The Morgan fingerprint density at radius 1 is 1.60 bits per heavy atom. The SMILES string of the molecule is CC=CCOCC(O)CO. The van der Waals surface area contributed by atoms with E-state index in [4.69, 9.17) is 14.9 Å². The van der Waals surface area contributed by atoms with Gasteiger partial charge in [-0.3, -0.25) is 0 Å². The second kappa shape index (κ2) is 6.74. The highest BCUT2D eigenvalue weighted by molar-refractivity contribution is 4.75. The molecule has 0 saturated carbocycles. The van der Waals surface area contributed by atoms with Crippen molar-refractivity contribution in [2.75, 3.05) is 19.8 Å². The van der Waals surface area contributed by atoms with E-state index in [9.17, 15) is 0 Å². The van der Waals surface area contributed by atoms with Gasteiger partial charge in [0, 0.05) is 0 Å². The van der Waals surface area contributed by atoms with Gasteiger partial charge in [-0.2, -0.15) is 0 Å². The van der Waals surface area contributed by atoms with E-state index in [-0.39, 0.29) is 13.2 Å². The van der Waals surface area contributed by atoms with Gasteiger partial charge in [0.2, 0.25) is 0 Å². The number of rotatable bonds is 5. The average molecular weight is 146 g/mol. The first-order valence-electron chi connectivity index (χ1n) is 3.29. The van der Waals surface area contributed by atoms with Crippen LogP contribution in [0.3, 0.4) is 0 Å². The first-order chi connectivity index (χ1) is 4.81. The lowest BCUT2D eigenvalue weighted by atomic mass is 10.4. The molecule has 0 bridgehead atoms. The number of ether oxygens (including phenoxy) is 1. The van der Waals surface area contributed by atoms with E-state index in [2.05, 4.69) is 0 Å². The summed E-state index contributed by atoms with van der Waals surface area (Å²) < 4.78 is 4.93. The Balaban J connectivity index is 3.03. The third-order valence-corrected chi connectivity index (χ3v) is 0.971. The Kier molecular flexibility index (Phi) is 6.48. The van der Waals surface area contributed by atoms with Crippen LogP contribution in [0.2, 0.25) is 0 Å². The van der Waals surface area contributed by atoms with E-state index >= 15 is 0 Å². The highest BCUT2D eigenvalue weighted by atomic mass is 16.5. The van der Waals surface area contributed by atoms with Crippen LogP contribution in [0, 0.1) is 0 Å². The third kappa shape index (κ3) is 5.75. The minimum atomic E-state index is -0.745. The van der Waals surface area contributed by atoms with Crippen molar-refractivity contribution in [1.29, 1.82) is 0 Å². The van der Waals surface area contributed by atoms with E-state index in [0.717, 1.165) is 0 Å². The molecule has 0 aromatic rings. The van der Waals surface area contributed by atoms with Crippen molar-refractivity contribution in [2.24, 2.45) is 0 Å². The van der Waals surface area contributed by atoms with Crippen molar-refractivity contribution in [3.8, 4) is 0 Å². The lowest BCUT2D eigenvalue weighted by Crippen LogP contribution is -2.19. The van der Waals surface area contributed by atoms with Crippen LogP contribution >= 0.6 is 0 Å². The summed E-state index contributed by atoms with van der Waals surface area (Å²) in [6, 6.07) is 0. The van der Waals surface area contributed by atoms with Crippen LogP contribution in [0.4, 0.5) is 0 Å². The lowest BCUT2D eigenvalue weighted by Gasteiger charge is -2.05. The summed E-state index contributed by atoms with van der Waals surface area (Å²) in [4.78, 5) is 0. The maximum Gasteiger partial charge on any atom is 0.100 e. The molecule has 3 nitrogen and oxygen atoms in total. The molecule has 60 valence electrons. The molecule has 0 radical (unpaired) electrons. The molecule has 2 N–H and O–H groups in total. The quantitative estimate of drug-likeness (QED) is 0.421. The smallest absolute Gasteiger partial charge is 0.100 e. The maximum atomic E-state index is 8.76. The molecule has 0 aliphatic heterocycles. The second-order valence-corrected chi connectivity index (χ2v) is 1.94. The van der Waals surface area contributed by atoms with Crippen LogP contribution in [0.1, 0.15) is 6.92 Å². The maximum absolute atomic E-state index is 8.76. The van der Waals surface area contributed by atoms with E-state index < -0.39 is 6.10 Å². The van der Waals surface area contributed by atoms with Gasteiger partial charge in [-0.05, 0) is 6.92 Å². The van der Waals surface area contributed by atoms with Gasteiger partial charge >= 0.3 is 0 Å². The number of aliphatic hydroxyl groups excluding tert-OH is 2. The minimum absolute atomic E-state index is 0.195. The van der Waals surface area contributed by atoms with Crippen molar-refractivity contribution < 1.29 is 14.9 Å². The zero-order valence-corrected chi connectivity index (χ0v) is 6.16. The zero-order valence-electron chi connectivity index (χ0n) is 6.16. The fourth-order valence-corrected chi connectivity index (χ4v) is 0.421. The second-order valence-electron chi connectivity index (χ2n) is 1.94. The Bertz CT molecular complexity index is 90.9. The van der Waals surface area contributed by atoms with Crippen molar-refractivity contribution in [3.05, 3.63) is 12.2 Å². The summed E-state index contributed by atoms with van der Waals surface area (Å²) in [5.41, 5.74) is 0. The molecule has 3 heteroatoms. The van der Waals surface area contributed by atoms with Gasteiger partial charge in [-0.1, -0.05) is 12.2 Å². The Hall–Kier alpha value is -0.380. The molecule has 0 spiro atoms. The fourth-order valence-electron chi connectivity index (χ4n) is 0.421. The normalized spacial score (nSPS) is 14.3. The van der Waals surface area contributed by atoms with E-state index in [1.54, 1.807) is 0 Å². The third-order valence-electron chi connectivity index (χ3n) is 0.971. The highest BCUT2D eigenvalue weighted by Gasteiger charge is 1.98. The number of allylic oxidation sites excluding steroid dienone is 1. The number of hydrogen-bond acceptors (Lipinski definition) is 3. The Morgan fingerprint density at radius 3 is 2.80 bits per heavy atom. The fraction of sp³-hybridized carbons (Fsp3) is 0.714. The number of hydrogen-bond donors (Lipinski definition) is 2. The molecule has 0 aromatic carbocycles. The first kappa shape index (κ1) is 9.62. The standard InChI is InChI=1S/C7H14O3/c1-2-3-4-10-6-7(9)5-8/h2-3,7-9H,4-6H2,1H3. The van der Waals surface area contributed by atoms with Gasteiger partial charge in [-0.15, -0.1) is 0 Å². The summed E-state index contributed by atoms with van der Waals surface area (Å²) in [6.07, 6.45) is 2.96. The van der Waals surface area contributed by atoms with Crippen molar-refractivity contribution >= 4 is 0 Å². The monoisotopic (exact) mass is 146 g/mol. The van der Waals surface area contributed by atoms with Crippen LogP contribution in [-0.4, -0.2) is 36.1 Å². The van der Waals surface area contributed by atoms with Crippen molar-refractivity contribution in [3.63, 3.8) is 0 Å². The van der Waals surface area contributed by atoms with Crippen LogP contribution in [-0.2, 0) is 4.74 Å². The molecule has 0 aliphatic carbocycles. The predicted molar refractivity (Wildman–Crippen MR) is 38.7 cm³/mol. The van der Waals surface area contributed by atoms with Crippen LogP contribution in [0.15, 0.2) is 12.2 Å². The topological polar surface area (TPSA) is 49.7 Å². The number of aliphatic hydroxyl groups is 2. The van der Waals surface area contributed by atoms with Crippen molar-refractivity contribution in [1.82, 2.24) is 0 Å². The molecule has 1 unspecified atom stereocenters. The summed E-state index contributed by atoms with van der Waals surface area (Å²) in [7, 11) is 0. The molecular weight excluding hydrogens is 132 g/mol. The lowest BCUT2D eigenvalue weighted by molar-refractivity contribution is 0.0149. The molecular formula is C7H14O3. The van der Waals surface area contributed by atoms with E-state index in [0.29, 0.717) is 6.61 Å². The largest absolute Gasteiger partial charge is 0.394 e. The van der Waals surface area contributed by atoms with Crippen molar-refractivity contribution in [2.45, 2.75) is 13.0 Å². The van der Waals surface area contributed by atoms with Gasteiger partial charge in [0.1, 0.15) is 6.10 Å². The zero-order chi connectivity index (χ0) is 7.82. The molecule has 0 rings (SSSR count). The summed E-state index contributed by atoms with van der Waals surface area (Å²) in [5, 5.41) is 17.1. The Labute approximate surface area is 60.9 Å². The Morgan fingerprint density at radius 2 is 2.30 bits per heavy atom. The molecule has 0 saturated heterocycles. The molecule has 0 aromatic heterocycles.